The highest BCUT2D eigenvalue weighted by Crippen LogP contribution is 2.44. The Morgan fingerprint density at radius 3 is 2.65 bits per heavy atom. The van der Waals surface area contributed by atoms with Crippen LogP contribution >= 0.6 is 0 Å². The van der Waals surface area contributed by atoms with Crippen LogP contribution in [0.25, 0.3) is 0 Å². The number of hydrogen-bond acceptors (Lipinski definition) is 3. The first-order chi connectivity index (χ1) is 8.07. The van der Waals surface area contributed by atoms with Crippen molar-refractivity contribution in [1.82, 2.24) is 5.32 Å². The average molecular weight is 240 g/mol. The van der Waals surface area contributed by atoms with Crippen LogP contribution in [0.4, 0.5) is 0 Å². The summed E-state index contributed by atoms with van der Waals surface area (Å²) in [4.78, 5) is 12.2. The first-order valence-corrected chi connectivity index (χ1v) is 6.67. The Labute approximate surface area is 103 Å². The largest absolute Gasteiger partial charge is 0.378 e. The monoisotopic (exact) mass is 240 g/mol. The van der Waals surface area contributed by atoms with Gasteiger partial charge in [0.1, 0.15) is 0 Å². The lowest BCUT2D eigenvalue weighted by atomic mass is 9.62. The van der Waals surface area contributed by atoms with Gasteiger partial charge in [0.15, 0.2) is 0 Å². The van der Waals surface area contributed by atoms with E-state index in [1.807, 2.05) is 0 Å². The van der Waals surface area contributed by atoms with Gasteiger partial charge in [-0.2, -0.15) is 0 Å². The first kappa shape index (κ1) is 12.8. The van der Waals surface area contributed by atoms with Gasteiger partial charge in [-0.25, -0.2) is 0 Å². The maximum absolute atomic E-state index is 12.2. The zero-order valence-electron chi connectivity index (χ0n) is 10.9. The topological polar surface area (TPSA) is 64.4 Å². The second kappa shape index (κ2) is 4.94. The van der Waals surface area contributed by atoms with Crippen LogP contribution in [0.15, 0.2) is 0 Å². The molecule has 0 spiro atoms. The lowest BCUT2D eigenvalue weighted by molar-refractivity contribution is -0.138. The number of carbonyl (C=O) groups is 1. The molecule has 2 fully saturated rings. The molecule has 98 valence electrons. The molecule has 1 saturated heterocycles. The molecule has 3 N–H and O–H groups in total. The fourth-order valence-electron chi connectivity index (χ4n) is 3.17. The zero-order chi connectivity index (χ0) is 12.5. The molecule has 1 heterocycles. The minimum atomic E-state index is -0.276. The van der Waals surface area contributed by atoms with E-state index in [-0.39, 0.29) is 17.4 Å². The molecule has 1 amide bonds. The summed E-state index contributed by atoms with van der Waals surface area (Å²) in [6, 6.07) is 0. The van der Waals surface area contributed by atoms with E-state index in [9.17, 15) is 4.79 Å². The molecular formula is C13H24N2O2. The molecule has 17 heavy (non-hydrogen) atoms. The summed E-state index contributed by atoms with van der Waals surface area (Å²) in [5.41, 5.74) is 5.48. The van der Waals surface area contributed by atoms with Crippen LogP contribution in [-0.2, 0) is 9.53 Å². The van der Waals surface area contributed by atoms with Gasteiger partial charge in [-0.3, -0.25) is 4.79 Å². The molecule has 0 bridgehead atoms. The Morgan fingerprint density at radius 1 is 1.47 bits per heavy atom. The Bertz CT molecular complexity index is 287. The molecule has 0 aromatic rings. The lowest BCUT2D eigenvalue weighted by Gasteiger charge is -2.44. The molecule has 2 atom stereocenters. The van der Waals surface area contributed by atoms with Crippen LogP contribution in [0, 0.1) is 17.3 Å². The number of hydrogen-bond donors (Lipinski definition) is 2. The summed E-state index contributed by atoms with van der Waals surface area (Å²) < 4.78 is 5.49. The van der Waals surface area contributed by atoms with Gasteiger partial charge in [-0.1, -0.05) is 6.92 Å². The molecule has 4 heteroatoms. The van der Waals surface area contributed by atoms with Crippen molar-refractivity contribution in [1.29, 1.82) is 0 Å². The molecular weight excluding hydrogens is 216 g/mol. The minimum Gasteiger partial charge on any atom is -0.378 e. The summed E-state index contributed by atoms with van der Waals surface area (Å²) in [6.45, 7) is 6.28. The Hall–Kier alpha value is -0.610. The van der Waals surface area contributed by atoms with Crippen LogP contribution in [-0.4, -0.2) is 31.7 Å². The van der Waals surface area contributed by atoms with Crippen molar-refractivity contribution in [2.75, 3.05) is 19.7 Å². The molecule has 1 aliphatic carbocycles. The first-order valence-electron chi connectivity index (χ1n) is 6.67. The number of nitrogens with one attached hydrogen (secondary N) is 1. The lowest BCUT2D eigenvalue weighted by Crippen LogP contribution is -2.54. The van der Waals surface area contributed by atoms with Gasteiger partial charge in [-0.05, 0) is 32.1 Å². The van der Waals surface area contributed by atoms with Crippen molar-refractivity contribution in [3.63, 3.8) is 0 Å². The highest BCUT2D eigenvalue weighted by Gasteiger charge is 2.47. The van der Waals surface area contributed by atoms with Crippen molar-refractivity contribution in [2.24, 2.45) is 23.0 Å². The van der Waals surface area contributed by atoms with Gasteiger partial charge in [0, 0.05) is 25.6 Å². The summed E-state index contributed by atoms with van der Waals surface area (Å²) in [6.07, 6.45) is 3.19. The third-order valence-electron chi connectivity index (χ3n) is 4.41. The van der Waals surface area contributed by atoms with E-state index in [0.29, 0.717) is 18.4 Å². The Balaban J connectivity index is 1.80. The second-order valence-corrected chi connectivity index (χ2v) is 5.83. The predicted octanol–water partition coefficient (Wildman–Crippen LogP) is 0.903. The number of amides is 1. The summed E-state index contributed by atoms with van der Waals surface area (Å²) in [5.74, 6) is 1.25. The van der Waals surface area contributed by atoms with E-state index < -0.39 is 0 Å². The highest BCUT2D eigenvalue weighted by atomic mass is 16.5. The van der Waals surface area contributed by atoms with Gasteiger partial charge in [-0.15, -0.1) is 0 Å². The van der Waals surface area contributed by atoms with E-state index in [4.69, 9.17) is 10.5 Å². The minimum absolute atomic E-state index is 0.150. The molecule has 0 aromatic heterocycles. The highest BCUT2D eigenvalue weighted by molar-refractivity contribution is 5.83. The fourth-order valence-corrected chi connectivity index (χ4v) is 3.17. The predicted molar refractivity (Wildman–Crippen MR) is 66.4 cm³/mol. The fraction of sp³-hybridized carbons (Fsp3) is 0.923. The van der Waals surface area contributed by atoms with Crippen molar-refractivity contribution < 1.29 is 9.53 Å². The normalized spacial score (nSPS) is 41.0. The van der Waals surface area contributed by atoms with E-state index in [2.05, 4.69) is 19.2 Å². The van der Waals surface area contributed by atoms with E-state index in [1.165, 1.54) is 0 Å². The molecule has 2 rings (SSSR count). The number of carbonyl (C=O) groups excluding carboxylic acids is 1. The smallest absolute Gasteiger partial charge is 0.227 e. The summed E-state index contributed by atoms with van der Waals surface area (Å²) in [5, 5.41) is 3.07. The third-order valence-corrected chi connectivity index (χ3v) is 4.41. The quantitative estimate of drug-likeness (QED) is 0.767. The summed E-state index contributed by atoms with van der Waals surface area (Å²) >= 11 is 0. The van der Waals surface area contributed by atoms with Crippen molar-refractivity contribution in [2.45, 2.75) is 39.2 Å². The average Bonchev–Trinajstić information content (AvgIpc) is 2.67. The Kier molecular flexibility index (Phi) is 3.73. The van der Waals surface area contributed by atoms with Crippen LogP contribution < -0.4 is 11.1 Å². The second-order valence-electron chi connectivity index (χ2n) is 5.83. The molecule has 0 aromatic carbocycles. The zero-order valence-corrected chi connectivity index (χ0v) is 10.9. The molecule has 1 aliphatic heterocycles. The maximum atomic E-state index is 12.2. The Morgan fingerprint density at radius 2 is 2.18 bits per heavy atom. The maximum Gasteiger partial charge on any atom is 0.227 e. The SMILES string of the molecule is CC1CC(CN)(C(=O)NCC2CCOC2C)C1. The van der Waals surface area contributed by atoms with Gasteiger partial charge in [0.2, 0.25) is 5.91 Å². The molecule has 4 nitrogen and oxygen atoms in total. The van der Waals surface area contributed by atoms with Crippen LogP contribution in [0.2, 0.25) is 0 Å². The van der Waals surface area contributed by atoms with E-state index in [1.54, 1.807) is 0 Å². The van der Waals surface area contributed by atoms with Crippen LogP contribution in [0.1, 0.15) is 33.1 Å². The van der Waals surface area contributed by atoms with E-state index in [0.717, 1.165) is 32.4 Å². The van der Waals surface area contributed by atoms with Gasteiger partial charge >= 0.3 is 0 Å². The third kappa shape index (κ3) is 2.47. The van der Waals surface area contributed by atoms with Crippen LogP contribution in [0.3, 0.4) is 0 Å². The molecule has 2 aliphatic rings. The van der Waals surface area contributed by atoms with Crippen molar-refractivity contribution in [3.05, 3.63) is 0 Å². The van der Waals surface area contributed by atoms with Crippen molar-refractivity contribution in [3.8, 4) is 0 Å². The molecule has 0 radical (unpaired) electrons. The van der Waals surface area contributed by atoms with Gasteiger partial charge in [0.05, 0.1) is 11.5 Å². The summed E-state index contributed by atoms with van der Waals surface area (Å²) in [7, 11) is 0. The number of nitrogens with two attached hydrogens (primary N) is 1. The standard InChI is InChI=1S/C13H24N2O2/c1-9-5-13(6-9,8-14)12(16)15-7-11-3-4-17-10(11)2/h9-11H,3-8,14H2,1-2H3,(H,15,16). The molecule has 1 saturated carbocycles. The van der Waals surface area contributed by atoms with E-state index >= 15 is 0 Å². The number of ether oxygens (including phenoxy) is 1. The van der Waals surface area contributed by atoms with Crippen molar-refractivity contribution >= 4 is 5.91 Å². The van der Waals surface area contributed by atoms with Gasteiger partial charge < -0.3 is 15.8 Å². The molecule has 2 unspecified atom stereocenters. The number of rotatable bonds is 4. The van der Waals surface area contributed by atoms with Crippen LogP contribution in [0.5, 0.6) is 0 Å². The van der Waals surface area contributed by atoms with Gasteiger partial charge in [0.25, 0.3) is 0 Å².